The van der Waals surface area contributed by atoms with Gasteiger partial charge in [0.1, 0.15) is 5.82 Å². The molecule has 0 atom stereocenters. The number of hydrogen-bond donors (Lipinski definition) is 1. The van der Waals surface area contributed by atoms with Crippen LogP contribution in [0.15, 0.2) is 60.9 Å². The van der Waals surface area contributed by atoms with Crippen molar-refractivity contribution >= 4 is 0 Å². The van der Waals surface area contributed by atoms with Gasteiger partial charge in [-0.1, -0.05) is 29.8 Å². The topological polar surface area (TPSA) is 41.3 Å². The molecule has 0 unspecified atom stereocenters. The quantitative estimate of drug-likeness (QED) is 0.765. The molecule has 4 nitrogen and oxygen atoms in total. The van der Waals surface area contributed by atoms with Crippen molar-refractivity contribution in [2.75, 3.05) is 13.1 Å². The molecule has 0 amide bonds. The lowest BCUT2D eigenvalue weighted by Gasteiger charge is -2.38. The summed E-state index contributed by atoms with van der Waals surface area (Å²) in [5, 5.41) is 15.4. The fourth-order valence-electron chi connectivity index (χ4n) is 3.74. The lowest BCUT2D eigenvalue weighted by molar-refractivity contribution is -0.0277. The van der Waals surface area contributed by atoms with Crippen molar-refractivity contribution in [1.29, 1.82) is 0 Å². The normalized spacial score (nSPS) is 17.1. The summed E-state index contributed by atoms with van der Waals surface area (Å²) in [6, 6.07) is 14.5. The Morgan fingerprint density at radius 2 is 1.85 bits per heavy atom. The van der Waals surface area contributed by atoms with Crippen LogP contribution in [0.4, 0.5) is 4.39 Å². The maximum Gasteiger partial charge on any atom is 0.123 e. The zero-order valence-corrected chi connectivity index (χ0v) is 15.5. The van der Waals surface area contributed by atoms with E-state index in [1.54, 1.807) is 16.8 Å². The highest BCUT2D eigenvalue weighted by molar-refractivity contribution is 5.31. The molecule has 4 rings (SSSR count). The van der Waals surface area contributed by atoms with E-state index in [-0.39, 0.29) is 5.82 Å². The van der Waals surface area contributed by atoms with Crippen LogP contribution in [0.3, 0.4) is 0 Å². The number of piperidine rings is 1. The van der Waals surface area contributed by atoms with Crippen LogP contribution in [0.1, 0.15) is 29.5 Å². The van der Waals surface area contributed by atoms with E-state index in [0.717, 1.165) is 49.3 Å². The molecule has 1 N–H and O–H groups in total. The second-order valence-electron chi connectivity index (χ2n) is 7.45. The Hall–Kier alpha value is -2.50. The Bertz CT molecular complexity index is 911. The van der Waals surface area contributed by atoms with Crippen molar-refractivity contribution < 1.29 is 9.50 Å². The molecule has 1 aliphatic heterocycles. The van der Waals surface area contributed by atoms with Crippen LogP contribution in [0, 0.1) is 12.7 Å². The van der Waals surface area contributed by atoms with E-state index in [1.807, 2.05) is 24.5 Å². The molecule has 0 radical (unpaired) electrons. The lowest BCUT2D eigenvalue weighted by atomic mass is 9.84. The first-order valence-electron chi connectivity index (χ1n) is 9.33. The summed E-state index contributed by atoms with van der Waals surface area (Å²) in [5.41, 5.74) is 3.42. The van der Waals surface area contributed by atoms with E-state index in [4.69, 9.17) is 0 Å². The number of rotatable bonds is 4. The maximum atomic E-state index is 13.1. The molecule has 27 heavy (non-hydrogen) atoms. The van der Waals surface area contributed by atoms with Gasteiger partial charge >= 0.3 is 0 Å². The number of nitrogens with zero attached hydrogens (tertiary/aromatic N) is 3. The fraction of sp³-hybridized carbons (Fsp3) is 0.318. The zero-order valence-electron chi connectivity index (χ0n) is 15.5. The summed E-state index contributed by atoms with van der Waals surface area (Å²) < 4.78 is 14.8. The Morgan fingerprint density at radius 1 is 1.11 bits per heavy atom. The molecule has 3 aromatic rings. The minimum Gasteiger partial charge on any atom is -0.385 e. The van der Waals surface area contributed by atoms with Crippen molar-refractivity contribution in [2.45, 2.75) is 31.9 Å². The molecule has 2 heterocycles. The Labute approximate surface area is 158 Å². The third-order valence-electron chi connectivity index (χ3n) is 5.37. The molecule has 1 aliphatic rings. The lowest BCUT2D eigenvalue weighted by Crippen LogP contribution is -2.42. The van der Waals surface area contributed by atoms with Gasteiger partial charge in [0.25, 0.3) is 0 Å². The average Bonchev–Trinajstić information content (AvgIpc) is 3.13. The predicted molar refractivity (Wildman–Crippen MR) is 103 cm³/mol. The second kappa shape index (κ2) is 7.25. The monoisotopic (exact) mass is 365 g/mol. The molecule has 0 spiro atoms. The molecule has 0 bridgehead atoms. The summed E-state index contributed by atoms with van der Waals surface area (Å²) in [4.78, 5) is 2.34. The maximum absolute atomic E-state index is 13.1. The van der Waals surface area contributed by atoms with E-state index in [1.165, 1.54) is 17.7 Å². The van der Waals surface area contributed by atoms with Crippen molar-refractivity contribution in [2.24, 2.45) is 0 Å². The fourth-order valence-corrected chi connectivity index (χ4v) is 3.74. The standard InChI is InChI=1S/C22H24FN3O/c1-17-3-2-4-19(13-17)22(27)9-11-25(12-10-22)15-18-14-24-26(16-18)21-7-5-20(23)6-8-21/h2-8,13-14,16,27H,9-12,15H2,1H3. The van der Waals surface area contributed by atoms with E-state index in [0.29, 0.717) is 0 Å². The van der Waals surface area contributed by atoms with Gasteiger partial charge in [0, 0.05) is 31.4 Å². The van der Waals surface area contributed by atoms with E-state index < -0.39 is 5.60 Å². The minimum absolute atomic E-state index is 0.249. The van der Waals surface area contributed by atoms with Crippen LogP contribution in [-0.2, 0) is 12.1 Å². The van der Waals surface area contributed by atoms with Gasteiger partial charge in [-0.25, -0.2) is 9.07 Å². The molecule has 140 valence electrons. The summed E-state index contributed by atoms with van der Waals surface area (Å²) in [6.45, 7) is 4.53. The van der Waals surface area contributed by atoms with Gasteiger partial charge in [-0.2, -0.15) is 5.10 Å². The van der Waals surface area contributed by atoms with Gasteiger partial charge in [0.05, 0.1) is 17.5 Å². The van der Waals surface area contributed by atoms with Crippen molar-refractivity contribution in [1.82, 2.24) is 14.7 Å². The van der Waals surface area contributed by atoms with Crippen molar-refractivity contribution in [3.63, 3.8) is 0 Å². The molecule has 2 aromatic carbocycles. The number of aryl methyl sites for hydroxylation is 1. The van der Waals surface area contributed by atoms with Gasteiger partial charge in [-0.15, -0.1) is 0 Å². The minimum atomic E-state index is -0.735. The third-order valence-corrected chi connectivity index (χ3v) is 5.37. The molecule has 5 heteroatoms. The highest BCUT2D eigenvalue weighted by Crippen LogP contribution is 2.33. The van der Waals surface area contributed by atoms with E-state index in [2.05, 4.69) is 29.1 Å². The summed E-state index contributed by atoms with van der Waals surface area (Å²) in [7, 11) is 0. The van der Waals surface area contributed by atoms with Crippen LogP contribution in [0.5, 0.6) is 0 Å². The highest BCUT2D eigenvalue weighted by Gasteiger charge is 2.33. The number of halogens is 1. The van der Waals surface area contributed by atoms with Crippen LogP contribution < -0.4 is 0 Å². The Morgan fingerprint density at radius 3 is 2.56 bits per heavy atom. The highest BCUT2D eigenvalue weighted by atomic mass is 19.1. The molecule has 0 saturated carbocycles. The first-order chi connectivity index (χ1) is 13.0. The van der Waals surface area contributed by atoms with E-state index in [9.17, 15) is 9.50 Å². The molecular weight excluding hydrogens is 341 g/mol. The third kappa shape index (κ3) is 3.94. The Balaban J connectivity index is 1.39. The SMILES string of the molecule is Cc1cccc(C2(O)CCN(Cc3cnn(-c4ccc(F)cc4)c3)CC2)c1. The summed E-state index contributed by atoms with van der Waals surface area (Å²) in [6.07, 6.45) is 5.28. The summed E-state index contributed by atoms with van der Waals surface area (Å²) in [5.74, 6) is -0.249. The number of hydrogen-bond acceptors (Lipinski definition) is 3. The average molecular weight is 365 g/mol. The molecule has 1 saturated heterocycles. The van der Waals surface area contributed by atoms with Gasteiger partial charge in [-0.3, -0.25) is 4.90 Å². The zero-order chi connectivity index (χ0) is 18.9. The summed E-state index contributed by atoms with van der Waals surface area (Å²) >= 11 is 0. The van der Waals surface area contributed by atoms with Gasteiger partial charge < -0.3 is 5.11 Å². The first kappa shape index (κ1) is 17.9. The largest absolute Gasteiger partial charge is 0.385 e. The van der Waals surface area contributed by atoms with Crippen LogP contribution in [0.25, 0.3) is 5.69 Å². The van der Waals surface area contributed by atoms with Gasteiger partial charge in [-0.05, 0) is 49.6 Å². The molecule has 1 aromatic heterocycles. The molecule has 0 aliphatic carbocycles. The number of likely N-dealkylation sites (tertiary alicyclic amines) is 1. The van der Waals surface area contributed by atoms with E-state index >= 15 is 0 Å². The Kier molecular flexibility index (Phi) is 4.81. The smallest absolute Gasteiger partial charge is 0.123 e. The predicted octanol–water partition coefficient (Wildman–Crippen LogP) is 3.80. The van der Waals surface area contributed by atoms with Gasteiger partial charge in [0.15, 0.2) is 0 Å². The molecule has 1 fully saturated rings. The van der Waals surface area contributed by atoms with Crippen LogP contribution in [0.2, 0.25) is 0 Å². The van der Waals surface area contributed by atoms with Crippen molar-refractivity contribution in [3.8, 4) is 5.69 Å². The van der Waals surface area contributed by atoms with Crippen LogP contribution in [-0.4, -0.2) is 32.9 Å². The number of aromatic nitrogens is 2. The van der Waals surface area contributed by atoms with Gasteiger partial charge in [0.2, 0.25) is 0 Å². The number of benzene rings is 2. The number of aliphatic hydroxyl groups is 1. The van der Waals surface area contributed by atoms with Crippen LogP contribution >= 0.6 is 0 Å². The first-order valence-corrected chi connectivity index (χ1v) is 9.33. The van der Waals surface area contributed by atoms with Crippen molar-refractivity contribution in [3.05, 3.63) is 83.4 Å². The molecular formula is C22H24FN3O. The second-order valence-corrected chi connectivity index (χ2v) is 7.45.